The Balaban J connectivity index is 0.000000567. The molecule has 0 aromatic carbocycles. The van der Waals surface area contributed by atoms with E-state index in [1.54, 1.807) is 62.0 Å². The number of nitriles is 1. The third kappa shape index (κ3) is 35.8. The first-order valence-electron chi connectivity index (χ1n) is 26.4. The Bertz CT molecular complexity index is 2630. The van der Waals surface area contributed by atoms with Gasteiger partial charge in [0.05, 0.1) is 75.7 Å². The topological polar surface area (TPSA) is 271 Å². The third-order valence-corrected chi connectivity index (χ3v) is 12.0. The van der Waals surface area contributed by atoms with Gasteiger partial charge >= 0.3 is 0 Å². The standard InChI is InChI=1S/C23H36N5O2P.C14H19N3O.C13H17N3O2.C10H12N2O2/c1-8-22(30-31(29-16-10-15-24)28(19(2)3)20(4)5)12-9-11-21-13-14-23(25-17-21)26-18-27(6)7;1-4-13(18)7-5-6-12-8-9-14(15-10-12)16-11-17(2)3;1-16(2)10-15-13-7-6-11(8-14-13)4-3-5-12(18)9-17;11-10-5-4-8(6-12-10)2-1-3-9(14)7-13/h13-14,17-20,22H,8,10,12,16H2,1-7H3;8-11,13,18H,4,7H2,1-3H3;6-8,10,12,17-18H,5,9H2,1-2H3;4-6,9,13-14H,3,7H2,(H2,11,12)/t22-,31?;13-;12-;9-/m1100/s1. The number of aromatic nitrogens is 4. The number of hydrogen-bond donors (Lipinski definition) is 6. The SMILES string of the molecule is CC[C@@H](O)CC#Cc1ccc(N=CN(C)C)nc1.CC[C@H](CC#Cc1ccc(N=CN(C)C)nc1)OP(OCCC#N)N(C(C)C)C(C)C.CN(C)C=Nc1ccc(C#CC[C@H](O)CO)cn1.Nc1ccc(C#CC[C@H](O)CO)cn1. The maximum atomic E-state index is 9.36. The predicted octanol–water partition coefficient (Wildman–Crippen LogP) is 7.09. The Morgan fingerprint density at radius 2 is 0.938 bits per heavy atom. The zero-order chi connectivity index (χ0) is 60.4. The van der Waals surface area contributed by atoms with Crippen LogP contribution in [0, 0.1) is 58.7 Å². The smallest absolute Gasteiger partial charge is 0.259 e. The lowest BCUT2D eigenvalue weighted by Gasteiger charge is -2.37. The quantitative estimate of drug-likeness (QED) is 0.0151. The molecule has 4 aromatic heterocycles. The summed E-state index contributed by atoms with van der Waals surface area (Å²) in [6.07, 6.45) is 13.3. The highest BCUT2D eigenvalue weighted by Crippen LogP contribution is 2.47. The number of nitrogens with zero attached hydrogens (tertiary/aromatic N) is 12. The fraction of sp³-hybridized carbons (Fsp3) is 0.467. The summed E-state index contributed by atoms with van der Waals surface area (Å²) >= 11 is 0. The van der Waals surface area contributed by atoms with Crippen LogP contribution in [-0.2, 0) is 9.05 Å². The summed E-state index contributed by atoms with van der Waals surface area (Å²) in [5, 5.41) is 53.5. The second-order valence-electron chi connectivity index (χ2n) is 18.8. The molecule has 0 fully saturated rings. The zero-order valence-corrected chi connectivity index (χ0v) is 50.0. The lowest BCUT2D eigenvalue weighted by atomic mass is 10.2. The van der Waals surface area contributed by atoms with E-state index in [2.05, 4.69) is 128 Å². The van der Waals surface area contributed by atoms with E-state index in [9.17, 15) is 5.11 Å². The van der Waals surface area contributed by atoms with Crippen LogP contribution >= 0.6 is 8.53 Å². The number of aliphatic imine (C=N–C) groups is 3. The monoisotopic (exact) mass is 1130 g/mol. The molecule has 0 spiro atoms. The molecule has 0 bridgehead atoms. The normalized spacial score (nSPS) is 12.4. The predicted molar refractivity (Wildman–Crippen MR) is 326 cm³/mol. The lowest BCUT2D eigenvalue weighted by Crippen LogP contribution is -2.34. The average molecular weight is 1130 g/mol. The van der Waals surface area contributed by atoms with Crippen molar-refractivity contribution in [2.24, 2.45) is 15.0 Å². The molecule has 4 rings (SSSR count). The molecule has 1 unspecified atom stereocenters. The van der Waals surface area contributed by atoms with Gasteiger partial charge in [-0.2, -0.15) is 5.26 Å². The van der Waals surface area contributed by atoms with Crippen LogP contribution in [0.5, 0.6) is 0 Å². The molecule has 5 atom stereocenters. The molecule has 0 saturated carbocycles. The molecule has 7 N–H and O–H groups in total. The number of rotatable bonds is 22. The van der Waals surface area contributed by atoms with E-state index in [0.717, 1.165) is 35.1 Å². The van der Waals surface area contributed by atoms with E-state index < -0.39 is 20.7 Å². The summed E-state index contributed by atoms with van der Waals surface area (Å²) in [6, 6.07) is 17.1. The molecule has 4 heterocycles. The Morgan fingerprint density at radius 1 is 0.568 bits per heavy atom. The van der Waals surface area contributed by atoms with Gasteiger partial charge in [-0.3, -0.25) is 0 Å². The van der Waals surface area contributed by atoms with Gasteiger partial charge in [0.25, 0.3) is 8.53 Å². The summed E-state index contributed by atoms with van der Waals surface area (Å²) < 4.78 is 14.6. The van der Waals surface area contributed by atoms with Crippen molar-refractivity contribution in [3.63, 3.8) is 0 Å². The van der Waals surface area contributed by atoms with Crippen molar-refractivity contribution >= 4 is 50.8 Å². The third-order valence-electron chi connectivity index (χ3n) is 9.82. The highest BCUT2D eigenvalue weighted by molar-refractivity contribution is 7.44. The van der Waals surface area contributed by atoms with Crippen molar-refractivity contribution in [1.29, 1.82) is 5.26 Å². The van der Waals surface area contributed by atoms with E-state index in [1.165, 1.54) is 0 Å². The molecule has 20 nitrogen and oxygen atoms in total. The first-order valence-corrected chi connectivity index (χ1v) is 27.5. The highest BCUT2D eigenvalue weighted by atomic mass is 31.2. The van der Waals surface area contributed by atoms with Gasteiger partial charge < -0.3 is 55.0 Å². The molecule has 81 heavy (non-hydrogen) atoms. The minimum absolute atomic E-state index is 0.0439. The molecule has 0 aliphatic heterocycles. The van der Waals surface area contributed by atoms with Gasteiger partial charge in [0.2, 0.25) is 0 Å². The average Bonchev–Trinajstić information content (AvgIpc) is 3.44. The zero-order valence-electron chi connectivity index (χ0n) is 49.1. The van der Waals surface area contributed by atoms with Crippen LogP contribution in [0.2, 0.25) is 0 Å². The maximum Gasteiger partial charge on any atom is 0.259 e. The van der Waals surface area contributed by atoms with E-state index in [0.29, 0.717) is 49.1 Å². The van der Waals surface area contributed by atoms with Gasteiger partial charge in [0.1, 0.15) is 5.82 Å². The van der Waals surface area contributed by atoms with Crippen LogP contribution < -0.4 is 5.73 Å². The first kappa shape index (κ1) is 71.7. The maximum absolute atomic E-state index is 9.36. The highest BCUT2D eigenvalue weighted by Gasteiger charge is 2.29. The Hall–Kier alpha value is -7.35. The van der Waals surface area contributed by atoms with Crippen LogP contribution in [0.3, 0.4) is 0 Å². The van der Waals surface area contributed by atoms with Crippen molar-refractivity contribution in [2.75, 3.05) is 67.8 Å². The largest absolute Gasteiger partial charge is 0.394 e. The minimum Gasteiger partial charge on any atom is -0.394 e. The molecular weight excluding hydrogens is 1050 g/mol. The summed E-state index contributed by atoms with van der Waals surface area (Å²) in [5.74, 6) is 25.8. The van der Waals surface area contributed by atoms with Gasteiger partial charge in [0, 0.05) is 127 Å². The van der Waals surface area contributed by atoms with Crippen LogP contribution in [0.15, 0.2) is 88.3 Å². The molecule has 0 amide bonds. The number of nitrogens with two attached hydrogens (primary N) is 1. The van der Waals surface area contributed by atoms with Gasteiger partial charge in [-0.05, 0) is 89.1 Å². The van der Waals surface area contributed by atoms with Gasteiger partial charge in [0.15, 0.2) is 17.5 Å². The van der Waals surface area contributed by atoms with Gasteiger partial charge in [-0.25, -0.2) is 39.6 Å². The minimum atomic E-state index is -1.26. The number of nitrogen functional groups attached to an aromatic ring is 1. The summed E-state index contributed by atoms with van der Waals surface area (Å²) in [6.45, 7) is 12.4. The fourth-order valence-electron chi connectivity index (χ4n) is 5.64. The Kier molecular flexibility index (Phi) is 38.4. The molecule has 0 saturated heterocycles. The summed E-state index contributed by atoms with van der Waals surface area (Å²) in [7, 11) is 10.1. The lowest BCUT2D eigenvalue weighted by molar-refractivity contribution is 0.0992. The fourth-order valence-corrected chi connectivity index (χ4v) is 7.43. The van der Waals surface area contributed by atoms with E-state index in [1.807, 2.05) is 94.2 Å². The summed E-state index contributed by atoms with van der Waals surface area (Å²) in [4.78, 5) is 34.6. The number of anilines is 1. The van der Waals surface area contributed by atoms with E-state index >= 15 is 0 Å². The van der Waals surface area contributed by atoms with Gasteiger partial charge in [-0.1, -0.05) is 61.2 Å². The van der Waals surface area contributed by atoms with Crippen LogP contribution in [-0.4, -0.2) is 182 Å². The van der Waals surface area contributed by atoms with Crippen molar-refractivity contribution < 1.29 is 34.6 Å². The number of pyridine rings is 4. The van der Waals surface area contributed by atoms with Crippen molar-refractivity contribution in [2.45, 2.75) is 123 Å². The number of aliphatic hydroxyl groups excluding tert-OH is 5. The molecule has 4 aromatic rings. The summed E-state index contributed by atoms with van der Waals surface area (Å²) in [5.41, 5.74) is 8.57. The van der Waals surface area contributed by atoms with Crippen molar-refractivity contribution in [3.05, 3.63) is 95.6 Å². The van der Waals surface area contributed by atoms with Crippen LogP contribution in [0.25, 0.3) is 0 Å². The first-order chi connectivity index (χ1) is 38.7. The van der Waals surface area contributed by atoms with Crippen molar-refractivity contribution in [1.82, 2.24) is 39.3 Å². The molecule has 436 valence electrons. The second kappa shape index (κ2) is 43.4. The van der Waals surface area contributed by atoms with E-state index in [-0.39, 0.29) is 50.3 Å². The van der Waals surface area contributed by atoms with Crippen LogP contribution in [0.1, 0.15) is 109 Å². The number of aliphatic hydroxyl groups is 5. The van der Waals surface area contributed by atoms with E-state index in [4.69, 9.17) is 40.5 Å². The number of hydrogen-bond acceptors (Lipinski definition) is 17. The molecule has 0 aliphatic rings. The molecule has 21 heteroatoms. The van der Waals surface area contributed by atoms with Gasteiger partial charge in [-0.15, -0.1) is 0 Å². The Morgan fingerprint density at radius 3 is 1.23 bits per heavy atom. The van der Waals surface area contributed by atoms with Crippen molar-refractivity contribution in [3.8, 4) is 53.4 Å². The molecule has 0 radical (unpaired) electrons. The molecular formula is C60H84N13O7P. The molecule has 0 aliphatic carbocycles. The van der Waals surface area contributed by atoms with Crippen LogP contribution in [0.4, 0.5) is 23.3 Å². The Labute approximate surface area is 482 Å². The second-order valence-corrected chi connectivity index (χ2v) is 20.2.